The van der Waals surface area contributed by atoms with Crippen molar-refractivity contribution in [1.82, 2.24) is 0 Å². The molecule has 22 heavy (non-hydrogen) atoms. The monoisotopic (exact) mass is 330 g/mol. The lowest BCUT2D eigenvalue weighted by molar-refractivity contribution is -0.111. The summed E-state index contributed by atoms with van der Waals surface area (Å²) in [6, 6.07) is 8.28. The van der Waals surface area contributed by atoms with Crippen molar-refractivity contribution < 1.29 is 9.53 Å². The highest BCUT2D eigenvalue weighted by Gasteiger charge is 2.13. The molecule has 1 aliphatic rings. The molecule has 3 heteroatoms. The zero-order valence-electron chi connectivity index (χ0n) is 15.7. The van der Waals surface area contributed by atoms with Gasteiger partial charge in [0.05, 0.1) is 6.10 Å². The van der Waals surface area contributed by atoms with Crippen LogP contribution in [-0.2, 0) is 11.2 Å². The van der Waals surface area contributed by atoms with Gasteiger partial charge in [-0.25, -0.2) is 0 Å². The third kappa shape index (κ3) is 13.9. The maximum atomic E-state index is 9.58. The second-order valence-electron chi connectivity index (χ2n) is 3.78. The van der Waals surface area contributed by atoms with Crippen LogP contribution in [0, 0.1) is 0 Å². The number of carbonyl (C=O) groups is 1. The van der Waals surface area contributed by atoms with Crippen molar-refractivity contribution in [2.45, 2.75) is 80.8 Å². The number of carbonyl (C=O) groups excluding carboxylic acids is 1. The Labute approximate surface area is 143 Å². The molecule has 0 radical (unpaired) electrons. The molecule has 1 aromatic carbocycles. The van der Waals surface area contributed by atoms with E-state index in [1.54, 1.807) is 6.92 Å². The Morgan fingerprint density at radius 2 is 1.59 bits per heavy atom. The Bertz CT molecular complexity index is 351. The number of hydrogen-bond acceptors (Lipinski definition) is 2. The number of para-hydroxylation sites is 1. The first-order valence-electron chi connectivity index (χ1n) is 8.56. The molecule has 0 bridgehead atoms. The number of hydrogen-bond donors (Lipinski definition) is 0. The minimum absolute atomic E-state index is 0.273. The summed E-state index contributed by atoms with van der Waals surface area (Å²) in [5.74, 6) is 1.08. The van der Waals surface area contributed by atoms with Gasteiger partial charge in [-0.05, 0) is 43.0 Å². The van der Waals surface area contributed by atoms with E-state index in [0.29, 0.717) is 12.5 Å². The Balaban J connectivity index is -0.000000280. The van der Waals surface area contributed by atoms with Gasteiger partial charge in [-0.2, -0.15) is 0 Å². The largest absolute Gasteiger partial charge is 0.490 e. The van der Waals surface area contributed by atoms with E-state index in [2.05, 4.69) is 19.1 Å². The maximum absolute atomic E-state index is 9.58. The molecule has 1 heterocycles. The van der Waals surface area contributed by atoms with Gasteiger partial charge >= 0.3 is 0 Å². The molecular weight excluding hydrogens is 296 g/mol. The van der Waals surface area contributed by atoms with Gasteiger partial charge in [0, 0.05) is 6.42 Å². The third-order valence-corrected chi connectivity index (χ3v) is 2.67. The van der Waals surface area contributed by atoms with Gasteiger partial charge in [0.1, 0.15) is 5.75 Å². The van der Waals surface area contributed by atoms with E-state index in [1.807, 2.05) is 53.7 Å². The van der Waals surface area contributed by atoms with Crippen LogP contribution in [-0.4, -0.2) is 11.3 Å². The summed E-state index contributed by atoms with van der Waals surface area (Å²) in [6.07, 6.45) is 3.14. The average Bonchev–Trinajstić information content (AvgIpc) is 2.60. The second-order valence-corrected chi connectivity index (χ2v) is 4.21. The van der Waals surface area contributed by atoms with Gasteiger partial charge in [0.25, 0.3) is 0 Å². The van der Waals surface area contributed by atoms with Crippen molar-refractivity contribution in [3.8, 4) is 5.75 Å². The molecule has 0 N–H and O–H groups in total. The number of benzene rings is 1. The summed E-state index contributed by atoms with van der Waals surface area (Å²) in [5.41, 5.74) is 1.35. The van der Waals surface area contributed by atoms with E-state index in [4.69, 9.17) is 16.3 Å². The molecule has 0 aliphatic carbocycles. The summed E-state index contributed by atoms with van der Waals surface area (Å²) in [7, 11) is 0. The van der Waals surface area contributed by atoms with Crippen LogP contribution in [0.25, 0.3) is 0 Å². The van der Waals surface area contributed by atoms with E-state index in [1.165, 1.54) is 5.56 Å². The lowest BCUT2D eigenvalue weighted by atomic mass is 10.0. The zero-order chi connectivity index (χ0) is 18.0. The van der Waals surface area contributed by atoms with Gasteiger partial charge in [-0.1, -0.05) is 66.7 Å². The van der Waals surface area contributed by atoms with E-state index in [0.717, 1.165) is 18.6 Å². The first-order chi connectivity index (χ1) is 10.6. The van der Waals surface area contributed by atoms with E-state index >= 15 is 0 Å². The standard InChI is InChI=1S/C10H12O.C3H5ClO.3C2H6/c1-8-6-7-9-4-2-3-5-10(9)11-8;1-2-3(4)5;3*1-2/h2-5,8H,6-7H2,1H3;2H2,1H3;3*1-2H3. The molecule has 0 spiro atoms. The van der Waals surface area contributed by atoms with Crippen LogP contribution in [0.15, 0.2) is 24.3 Å². The molecule has 1 aliphatic heterocycles. The predicted octanol–water partition coefficient (Wildman–Crippen LogP) is 6.64. The summed E-state index contributed by atoms with van der Waals surface area (Å²) < 4.78 is 5.63. The maximum Gasteiger partial charge on any atom is 0.221 e. The fraction of sp³-hybridized carbons (Fsp3) is 0.632. The lowest BCUT2D eigenvalue weighted by Crippen LogP contribution is -2.18. The first kappa shape index (κ1) is 25.9. The summed E-state index contributed by atoms with van der Waals surface area (Å²) >= 11 is 4.82. The molecule has 2 rings (SSSR count). The highest BCUT2D eigenvalue weighted by Crippen LogP contribution is 2.26. The number of ether oxygens (including phenoxy) is 1. The molecule has 2 nitrogen and oxygen atoms in total. The Morgan fingerprint density at radius 1 is 1.14 bits per heavy atom. The van der Waals surface area contributed by atoms with Crippen molar-refractivity contribution in [2.24, 2.45) is 0 Å². The molecule has 0 saturated carbocycles. The van der Waals surface area contributed by atoms with Gasteiger partial charge < -0.3 is 4.74 Å². The minimum Gasteiger partial charge on any atom is -0.490 e. The van der Waals surface area contributed by atoms with Crippen molar-refractivity contribution in [3.63, 3.8) is 0 Å². The van der Waals surface area contributed by atoms with Crippen molar-refractivity contribution in [1.29, 1.82) is 0 Å². The van der Waals surface area contributed by atoms with E-state index in [9.17, 15) is 4.79 Å². The smallest absolute Gasteiger partial charge is 0.221 e. The normalized spacial score (nSPS) is 13.6. The topological polar surface area (TPSA) is 26.3 Å². The fourth-order valence-corrected chi connectivity index (χ4v) is 1.46. The van der Waals surface area contributed by atoms with E-state index in [-0.39, 0.29) is 5.24 Å². The Kier molecular flexibility index (Phi) is 23.5. The molecule has 0 fully saturated rings. The molecule has 0 amide bonds. The molecular formula is C19H35ClO2. The van der Waals surface area contributed by atoms with Crippen LogP contribution < -0.4 is 4.74 Å². The Hall–Kier alpha value is -1.02. The van der Waals surface area contributed by atoms with Crippen molar-refractivity contribution in [2.75, 3.05) is 0 Å². The highest BCUT2D eigenvalue weighted by atomic mass is 35.5. The predicted molar refractivity (Wildman–Crippen MR) is 100 cm³/mol. The third-order valence-electron chi connectivity index (χ3n) is 2.40. The molecule has 1 aromatic rings. The van der Waals surface area contributed by atoms with Crippen LogP contribution in [0.3, 0.4) is 0 Å². The SMILES string of the molecule is CC.CC.CC.CC1CCc2ccccc2O1.CCC(=O)Cl. The highest BCUT2D eigenvalue weighted by molar-refractivity contribution is 6.63. The zero-order valence-corrected chi connectivity index (χ0v) is 16.5. The number of aryl methyl sites for hydroxylation is 1. The van der Waals surface area contributed by atoms with Gasteiger partial charge in [-0.15, -0.1) is 0 Å². The first-order valence-corrected chi connectivity index (χ1v) is 8.94. The summed E-state index contributed by atoms with van der Waals surface area (Å²) in [6.45, 7) is 15.8. The van der Waals surface area contributed by atoms with Crippen molar-refractivity contribution in [3.05, 3.63) is 29.8 Å². The lowest BCUT2D eigenvalue weighted by Gasteiger charge is -2.22. The van der Waals surface area contributed by atoms with Gasteiger partial charge in [0.2, 0.25) is 5.24 Å². The molecule has 0 saturated heterocycles. The number of halogens is 1. The molecule has 1 atom stereocenters. The number of fused-ring (bicyclic) bond motifs is 1. The van der Waals surface area contributed by atoms with Gasteiger partial charge in [-0.3, -0.25) is 4.79 Å². The van der Waals surface area contributed by atoms with Crippen molar-refractivity contribution >= 4 is 16.8 Å². The molecule has 0 aromatic heterocycles. The average molecular weight is 331 g/mol. The van der Waals surface area contributed by atoms with Crippen LogP contribution in [0.5, 0.6) is 5.75 Å². The molecule has 130 valence electrons. The van der Waals surface area contributed by atoms with Gasteiger partial charge in [0.15, 0.2) is 0 Å². The van der Waals surface area contributed by atoms with Crippen LogP contribution in [0.1, 0.15) is 73.8 Å². The van der Waals surface area contributed by atoms with Crippen LogP contribution in [0.4, 0.5) is 0 Å². The Morgan fingerprint density at radius 3 is 2.05 bits per heavy atom. The fourth-order valence-electron chi connectivity index (χ4n) is 1.46. The van der Waals surface area contributed by atoms with Crippen LogP contribution >= 0.6 is 11.6 Å². The summed E-state index contributed by atoms with van der Waals surface area (Å²) in [5, 5.41) is -0.273. The number of rotatable bonds is 1. The van der Waals surface area contributed by atoms with Crippen LogP contribution in [0.2, 0.25) is 0 Å². The minimum atomic E-state index is -0.273. The van der Waals surface area contributed by atoms with E-state index < -0.39 is 0 Å². The summed E-state index contributed by atoms with van der Waals surface area (Å²) in [4.78, 5) is 9.58. The molecule has 1 unspecified atom stereocenters. The quantitative estimate of drug-likeness (QED) is 0.539. The second kappa shape index (κ2) is 20.0.